The number of likely N-dealkylation sites (tertiary alicyclic amines) is 1. The molecule has 0 unspecified atom stereocenters. The van der Waals surface area contributed by atoms with Gasteiger partial charge < -0.3 is 9.74 Å². The summed E-state index contributed by atoms with van der Waals surface area (Å²) in [6, 6.07) is 7.27. The molecule has 4 rings (SSSR count). The van der Waals surface area contributed by atoms with Gasteiger partial charge in [0.1, 0.15) is 11.7 Å². The van der Waals surface area contributed by atoms with E-state index in [1.54, 1.807) is 7.11 Å². The number of benzene rings is 1. The normalized spacial score (nSPS) is 28.7. The maximum atomic E-state index is 5.58. The summed E-state index contributed by atoms with van der Waals surface area (Å²) in [4.78, 5) is 8.13. The fraction of sp³-hybridized carbons (Fsp3) is 0.529. The van der Waals surface area contributed by atoms with Crippen LogP contribution in [0.1, 0.15) is 30.4 Å². The fourth-order valence-electron chi connectivity index (χ4n) is 4.50. The van der Waals surface area contributed by atoms with E-state index in [0.29, 0.717) is 12.0 Å². The number of hydrogen-bond acceptors (Lipinski definition) is 2. The number of nitrogens with zero attached hydrogens (tertiary/aromatic N) is 2. The SMILES string of the molecule is COn1c(Br)c2c3c(cccc31)[C@H]1C[C@@H](C)CN(C)[C@@H]1C2. The Labute approximate surface area is 133 Å². The molecular formula is C17H21BrN2O. The van der Waals surface area contributed by atoms with Crippen LogP contribution >= 0.6 is 15.9 Å². The van der Waals surface area contributed by atoms with E-state index in [4.69, 9.17) is 4.84 Å². The fourth-order valence-corrected chi connectivity index (χ4v) is 5.20. The predicted molar refractivity (Wildman–Crippen MR) is 88.8 cm³/mol. The van der Waals surface area contributed by atoms with Gasteiger partial charge in [-0.1, -0.05) is 19.1 Å². The van der Waals surface area contributed by atoms with Crippen LogP contribution < -0.4 is 4.84 Å². The van der Waals surface area contributed by atoms with E-state index in [0.717, 1.165) is 16.9 Å². The van der Waals surface area contributed by atoms with Crippen LogP contribution in [0.25, 0.3) is 10.9 Å². The van der Waals surface area contributed by atoms with Crippen LogP contribution in [0.2, 0.25) is 0 Å². The largest absolute Gasteiger partial charge is 0.416 e. The molecule has 2 heterocycles. The summed E-state index contributed by atoms with van der Waals surface area (Å²) in [6.07, 6.45) is 2.40. The van der Waals surface area contributed by atoms with Gasteiger partial charge in [0.2, 0.25) is 0 Å². The quantitative estimate of drug-likeness (QED) is 0.785. The van der Waals surface area contributed by atoms with Crippen molar-refractivity contribution in [1.82, 2.24) is 9.63 Å². The third-order valence-corrected chi connectivity index (χ3v) is 6.11. The van der Waals surface area contributed by atoms with E-state index in [-0.39, 0.29) is 0 Å². The van der Waals surface area contributed by atoms with Crippen LogP contribution in [0.4, 0.5) is 0 Å². The monoisotopic (exact) mass is 348 g/mol. The minimum Gasteiger partial charge on any atom is -0.416 e. The van der Waals surface area contributed by atoms with E-state index >= 15 is 0 Å². The Morgan fingerprint density at radius 2 is 2.14 bits per heavy atom. The molecule has 0 bridgehead atoms. The zero-order valence-corrected chi connectivity index (χ0v) is 14.4. The Morgan fingerprint density at radius 3 is 2.90 bits per heavy atom. The predicted octanol–water partition coefficient (Wildman–Crippen LogP) is 3.44. The lowest BCUT2D eigenvalue weighted by Gasteiger charge is -2.44. The maximum absolute atomic E-state index is 5.58. The molecule has 0 saturated carbocycles. The van der Waals surface area contributed by atoms with Gasteiger partial charge in [0.25, 0.3) is 0 Å². The molecule has 1 aliphatic heterocycles. The second-order valence-corrected chi connectivity index (χ2v) is 7.40. The van der Waals surface area contributed by atoms with Crippen molar-refractivity contribution in [1.29, 1.82) is 0 Å². The Morgan fingerprint density at radius 1 is 1.33 bits per heavy atom. The third-order valence-electron chi connectivity index (χ3n) is 5.30. The molecule has 2 aromatic rings. The zero-order chi connectivity index (χ0) is 14.7. The molecule has 3 atom stereocenters. The van der Waals surface area contributed by atoms with Gasteiger partial charge in [-0.3, -0.25) is 0 Å². The van der Waals surface area contributed by atoms with Crippen molar-refractivity contribution in [2.24, 2.45) is 5.92 Å². The zero-order valence-electron chi connectivity index (χ0n) is 12.8. The van der Waals surface area contributed by atoms with Gasteiger partial charge in [-0.2, -0.15) is 4.73 Å². The number of aromatic nitrogens is 1. The number of halogens is 1. The van der Waals surface area contributed by atoms with Crippen LogP contribution in [0.5, 0.6) is 0 Å². The molecule has 0 radical (unpaired) electrons. The van der Waals surface area contributed by atoms with Gasteiger partial charge in [0.15, 0.2) is 0 Å². The summed E-state index contributed by atoms with van der Waals surface area (Å²) >= 11 is 3.75. The summed E-state index contributed by atoms with van der Waals surface area (Å²) in [6.45, 7) is 3.58. The lowest BCUT2D eigenvalue weighted by molar-refractivity contribution is 0.119. The smallest absolute Gasteiger partial charge is 0.127 e. The van der Waals surface area contributed by atoms with Gasteiger partial charge in [-0.25, -0.2) is 0 Å². The molecule has 2 aliphatic rings. The van der Waals surface area contributed by atoms with Gasteiger partial charge >= 0.3 is 0 Å². The molecule has 3 nitrogen and oxygen atoms in total. The highest BCUT2D eigenvalue weighted by Crippen LogP contribution is 2.46. The molecule has 0 N–H and O–H groups in total. The molecule has 1 aliphatic carbocycles. The van der Waals surface area contributed by atoms with Gasteiger partial charge in [0, 0.05) is 23.9 Å². The van der Waals surface area contributed by atoms with Crippen LogP contribution in [0.15, 0.2) is 22.8 Å². The highest BCUT2D eigenvalue weighted by atomic mass is 79.9. The minimum absolute atomic E-state index is 0.614. The van der Waals surface area contributed by atoms with Gasteiger partial charge in [-0.05, 0) is 58.9 Å². The number of rotatable bonds is 1. The summed E-state index contributed by atoms with van der Waals surface area (Å²) in [5.41, 5.74) is 4.11. The van der Waals surface area contributed by atoms with E-state index < -0.39 is 0 Å². The molecule has 1 aromatic carbocycles. The number of likely N-dealkylation sites (N-methyl/N-ethyl adjacent to an activating group) is 1. The van der Waals surface area contributed by atoms with Crippen LogP contribution in [-0.2, 0) is 6.42 Å². The van der Waals surface area contributed by atoms with Crippen molar-refractivity contribution in [3.05, 3.63) is 33.9 Å². The van der Waals surface area contributed by atoms with Crippen molar-refractivity contribution in [3.63, 3.8) is 0 Å². The summed E-state index contributed by atoms with van der Waals surface area (Å²) in [5.74, 6) is 1.41. The second-order valence-electron chi connectivity index (χ2n) is 6.65. The van der Waals surface area contributed by atoms with Crippen LogP contribution in [-0.4, -0.2) is 36.4 Å². The van der Waals surface area contributed by atoms with E-state index in [1.807, 2.05) is 4.73 Å². The first-order valence-electron chi connectivity index (χ1n) is 7.68. The standard InChI is InChI=1S/C17H21BrN2O/c1-10-7-12-11-5-4-6-14-16(11)13(17(18)20(14)21-3)8-15(12)19(2)9-10/h4-6,10,12,15H,7-9H2,1-3H3/t10-,12-,15-/m1/s1. The molecule has 4 heteroatoms. The second kappa shape index (κ2) is 4.75. The molecule has 1 aromatic heterocycles. The minimum atomic E-state index is 0.614. The molecule has 1 saturated heterocycles. The van der Waals surface area contributed by atoms with Gasteiger partial charge in [0.05, 0.1) is 5.52 Å². The third kappa shape index (κ3) is 1.82. The number of fused-ring (bicyclic) bond motifs is 2. The van der Waals surface area contributed by atoms with Crippen LogP contribution in [0, 0.1) is 5.92 Å². The highest BCUT2D eigenvalue weighted by Gasteiger charge is 2.39. The summed E-state index contributed by atoms with van der Waals surface area (Å²) < 4.78 is 3.01. The molecule has 0 amide bonds. The molecular weight excluding hydrogens is 328 g/mol. The summed E-state index contributed by atoms with van der Waals surface area (Å²) in [5, 5.41) is 1.41. The number of hydrogen-bond donors (Lipinski definition) is 0. The van der Waals surface area contributed by atoms with Crippen molar-refractivity contribution < 1.29 is 4.84 Å². The molecule has 112 valence electrons. The number of piperidine rings is 1. The lowest BCUT2D eigenvalue weighted by Crippen LogP contribution is -2.47. The lowest BCUT2D eigenvalue weighted by atomic mass is 9.73. The molecule has 0 spiro atoms. The van der Waals surface area contributed by atoms with Gasteiger partial charge in [-0.15, -0.1) is 0 Å². The van der Waals surface area contributed by atoms with E-state index in [9.17, 15) is 0 Å². The first-order chi connectivity index (χ1) is 10.1. The average molecular weight is 349 g/mol. The first kappa shape index (κ1) is 13.6. The average Bonchev–Trinajstić information content (AvgIpc) is 2.74. The van der Waals surface area contributed by atoms with Crippen molar-refractivity contribution in [2.75, 3.05) is 20.7 Å². The van der Waals surface area contributed by atoms with E-state index in [1.165, 1.54) is 35.0 Å². The van der Waals surface area contributed by atoms with E-state index in [2.05, 4.69) is 53.0 Å². The Kier molecular flexibility index (Phi) is 3.09. The Hall–Kier alpha value is -1.00. The molecule has 1 fully saturated rings. The van der Waals surface area contributed by atoms with Crippen molar-refractivity contribution in [3.8, 4) is 0 Å². The van der Waals surface area contributed by atoms with Crippen LogP contribution in [0.3, 0.4) is 0 Å². The topological polar surface area (TPSA) is 17.4 Å². The van der Waals surface area contributed by atoms with Crippen molar-refractivity contribution in [2.45, 2.75) is 31.7 Å². The Balaban J connectivity index is 1.97. The Bertz CT molecular complexity index is 708. The summed E-state index contributed by atoms with van der Waals surface area (Å²) in [7, 11) is 4.01. The first-order valence-corrected chi connectivity index (χ1v) is 8.47. The highest BCUT2D eigenvalue weighted by molar-refractivity contribution is 9.10. The molecule has 21 heavy (non-hydrogen) atoms. The van der Waals surface area contributed by atoms with Crippen molar-refractivity contribution >= 4 is 26.8 Å². The maximum Gasteiger partial charge on any atom is 0.127 e.